The van der Waals surface area contributed by atoms with Gasteiger partial charge in [-0.25, -0.2) is 14.8 Å². The maximum Gasteiger partial charge on any atom is 0.361 e. The second-order valence-corrected chi connectivity index (χ2v) is 12.3. The van der Waals surface area contributed by atoms with E-state index >= 15 is 0 Å². The molecule has 254 valence electrons. The average molecular weight is 695 g/mol. The number of carbonyl (C=O) groups excluding carboxylic acids is 2. The van der Waals surface area contributed by atoms with Crippen LogP contribution in [0.3, 0.4) is 0 Å². The Morgan fingerprint density at radius 3 is 2.46 bits per heavy atom. The Bertz CT molecular complexity index is 1660. The third-order valence-electron chi connectivity index (χ3n) is 8.64. The van der Waals surface area contributed by atoms with Gasteiger partial charge in [0.15, 0.2) is 11.5 Å². The van der Waals surface area contributed by atoms with Crippen molar-refractivity contribution in [3.05, 3.63) is 89.5 Å². The molecule has 0 bridgehead atoms. The lowest BCUT2D eigenvalue weighted by atomic mass is 10.1. The van der Waals surface area contributed by atoms with E-state index < -0.39 is 18.0 Å². The Balaban J connectivity index is 0.00000451. The van der Waals surface area contributed by atoms with Crippen molar-refractivity contribution in [3.63, 3.8) is 0 Å². The van der Waals surface area contributed by atoms with Gasteiger partial charge in [-0.3, -0.25) is 9.48 Å². The SMILES string of the molecule is Cl.Nc1ncc(-c2cnn(C3CCN(CCCN4CCNCC4)CC3)c2)nc1C(=O)O[C@@H](C(=O)Nc1cccc(Cl)c1)c1ccccc1. The third-order valence-corrected chi connectivity index (χ3v) is 8.87. The largest absolute Gasteiger partial charge is 0.442 e. The molecule has 2 aliphatic heterocycles. The number of piperazine rings is 1. The molecule has 0 unspecified atom stereocenters. The fourth-order valence-electron chi connectivity index (χ4n) is 6.06. The molecule has 12 nitrogen and oxygen atoms in total. The summed E-state index contributed by atoms with van der Waals surface area (Å²) in [6, 6.07) is 15.7. The van der Waals surface area contributed by atoms with Crippen LogP contribution in [-0.4, -0.2) is 93.8 Å². The molecule has 6 rings (SSSR count). The van der Waals surface area contributed by atoms with E-state index in [1.807, 2.05) is 16.9 Å². The highest BCUT2D eigenvalue weighted by Crippen LogP contribution is 2.27. The number of amides is 1. The normalized spacial score (nSPS) is 16.5. The molecular weight excluding hydrogens is 653 g/mol. The van der Waals surface area contributed by atoms with Crippen LogP contribution in [-0.2, 0) is 9.53 Å². The van der Waals surface area contributed by atoms with E-state index in [9.17, 15) is 9.59 Å². The van der Waals surface area contributed by atoms with Crippen LogP contribution in [0.5, 0.6) is 0 Å². The van der Waals surface area contributed by atoms with E-state index in [1.165, 1.54) is 12.6 Å². The Morgan fingerprint density at radius 2 is 1.73 bits per heavy atom. The molecule has 2 fully saturated rings. The monoisotopic (exact) mass is 693 g/mol. The first-order chi connectivity index (χ1) is 22.9. The van der Waals surface area contributed by atoms with E-state index in [1.54, 1.807) is 54.7 Å². The van der Waals surface area contributed by atoms with Gasteiger partial charge in [0.05, 0.1) is 24.1 Å². The van der Waals surface area contributed by atoms with Crippen molar-refractivity contribution in [2.45, 2.75) is 31.4 Å². The highest BCUT2D eigenvalue weighted by Gasteiger charge is 2.28. The van der Waals surface area contributed by atoms with Gasteiger partial charge in [-0.15, -0.1) is 12.4 Å². The van der Waals surface area contributed by atoms with Crippen LogP contribution in [0.2, 0.25) is 5.02 Å². The lowest BCUT2D eigenvalue weighted by Crippen LogP contribution is -2.44. The molecule has 4 aromatic rings. The number of nitrogen functional groups attached to an aromatic ring is 1. The summed E-state index contributed by atoms with van der Waals surface area (Å²) in [5, 5.41) is 11.3. The van der Waals surface area contributed by atoms with Gasteiger partial charge in [0, 0.05) is 67.3 Å². The van der Waals surface area contributed by atoms with E-state index in [0.717, 1.165) is 65.2 Å². The quantitative estimate of drug-likeness (QED) is 0.193. The van der Waals surface area contributed by atoms with Crippen molar-refractivity contribution < 1.29 is 14.3 Å². The van der Waals surface area contributed by atoms with E-state index in [2.05, 4.69) is 35.5 Å². The first-order valence-electron chi connectivity index (χ1n) is 16.1. The predicted octanol–water partition coefficient (Wildman–Crippen LogP) is 4.47. The van der Waals surface area contributed by atoms with Crippen LogP contribution in [0.15, 0.2) is 73.2 Å². The maximum atomic E-state index is 13.5. The molecule has 14 heteroatoms. The number of halogens is 2. The van der Waals surface area contributed by atoms with Gasteiger partial charge in [0.2, 0.25) is 6.10 Å². The van der Waals surface area contributed by atoms with Crippen molar-refractivity contribution in [2.24, 2.45) is 0 Å². The Morgan fingerprint density at radius 1 is 1.00 bits per heavy atom. The summed E-state index contributed by atoms with van der Waals surface area (Å²) in [5.41, 5.74) is 8.00. The van der Waals surface area contributed by atoms with Crippen LogP contribution >= 0.6 is 24.0 Å². The Kier molecular flexibility index (Phi) is 12.4. The van der Waals surface area contributed by atoms with E-state index in [-0.39, 0.29) is 30.0 Å². The molecule has 0 spiro atoms. The summed E-state index contributed by atoms with van der Waals surface area (Å²) in [5.74, 6) is -1.53. The number of rotatable bonds is 11. The summed E-state index contributed by atoms with van der Waals surface area (Å²) in [7, 11) is 0. The molecule has 48 heavy (non-hydrogen) atoms. The first kappa shape index (κ1) is 35.2. The molecule has 0 saturated carbocycles. The number of anilines is 2. The molecule has 4 heterocycles. The minimum Gasteiger partial charge on any atom is -0.442 e. The zero-order chi connectivity index (χ0) is 32.6. The number of nitrogens with zero attached hydrogens (tertiary/aromatic N) is 6. The Hall–Kier alpha value is -4.07. The number of carbonyl (C=O) groups is 2. The summed E-state index contributed by atoms with van der Waals surface area (Å²) in [6.07, 6.45) is 7.11. The standard InChI is InChI=1S/C34H40ClN9O3.ClH/c35-26-8-4-9-27(20-26)40-33(45)31(24-6-2-1-3-7-24)47-34(46)30-32(36)38-22-29(41-30)25-21-39-44(23-25)28-10-16-42(17-11-28)14-5-15-43-18-12-37-13-19-43;/h1-4,6-9,20-23,28,31,37H,5,10-19H2,(H2,36,38)(H,40,45);1H/t31-;/m1./s1. The van der Waals surface area contributed by atoms with Crippen LogP contribution < -0.4 is 16.4 Å². The molecule has 2 aromatic heterocycles. The topological polar surface area (TPSA) is 144 Å². The Labute approximate surface area is 291 Å². The van der Waals surface area contributed by atoms with Crippen molar-refractivity contribution in [1.82, 2.24) is 34.9 Å². The summed E-state index contributed by atoms with van der Waals surface area (Å²) >= 11 is 6.09. The minimum absolute atomic E-state index is 0. The predicted molar refractivity (Wildman–Crippen MR) is 188 cm³/mol. The number of nitrogens with one attached hydrogen (secondary N) is 2. The zero-order valence-electron chi connectivity index (χ0n) is 26.6. The number of benzene rings is 2. The van der Waals surface area contributed by atoms with Crippen LogP contribution in [0, 0.1) is 0 Å². The molecule has 2 saturated heterocycles. The van der Waals surface area contributed by atoms with Crippen molar-refractivity contribution in [2.75, 3.05) is 63.4 Å². The lowest BCUT2D eigenvalue weighted by Gasteiger charge is -2.33. The molecule has 1 amide bonds. The number of hydrogen-bond acceptors (Lipinski definition) is 10. The number of hydrogen-bond donors (Lipinski definition) is 3. The van der Waals surface area contributed by atoms with Gasteiger partial charge < -0.3 is 30.9 Å². The van der Waals surface area contributed by atoms with Gasteiger partial charge >= 0.3 is 5.97 Å². The average Bonchev–Trinajstić information content (AvgIpc) is 3.59. The second kappa shape index (κ2) is 16.8. The molecule has 4 N–H and O–H groups in total. The molecule has 2 aromatic carbocycles. The van der Waals surface area contributed by atoms with Crippen LogP contribution in [0.1, 0.15) is 47.5 Å². The molecule has 0 aliphatic carbocycles. The third kappa shape index (κ3) is 9.09. The highest BCUT2D eigenvalue weighted by molar-refractivity contribution is 6.30. The van der Waals surface area contributed by atoms with Gasteiger partial charge in [0.1, 0.15) is 0 Å². The molecule has 0 radical (unpaired) electrons. The van der Waals surface area contributed by atoms with E-state index in [0.29, 0.717) is 27.5 Å². The summed E-state index contributed by atoms with van der Waals surface area (Å²) < 4.78 is 7.72. The number of likely N-dealkylation sites (tertiary alicyclic amines) is 1. The molecular formula is C34H41Cl2N9O3. The maximum absolute atomic E-state index is 13.5. The van der Waals surface area contributed by atoms with Gasteiger partial charge in [-0.2, -0.15) is 5.10 Å². The molecule has 2 aliphatic rings. The zero-order valence-corrected chi connectivity index (χ0v) is 28.2. The van der Waals surface area contributed by atoms with Gasteiger partial charge in [-0.05, 0) is 50.6 Å². The van der Waals surface area contributed by atoms with Gasteiger partial charge in [-0.1, -0.05) is 48.0 Å². The smallest absolute Gasteiger partial charge is 0.361 e. The van der Waals surface area contributed by atoms with E-state index in [4.69, 9.17) is 22.1 Å². The fraction of sp³-hybridized carbons (Fsp3) is 0.382. The first-order valence-corrected chi connectivity index (χ1v) is 16.5. The molecule has 1 atom stereocenters. The number of esters is 1. The van der Waals surface area contributed by atoms with Gasteiger partial charge in [0.25, 0.3) is 5.91 Å². The minimum atomic E-state index is -1.27. The number of nitrogens with two attached hydrogens (primary N) is 1. The number of piperidine rings is 1. The van der Waals surface area contributed by atoms with Crippen molar-refractivity contribution in [1.29, 1.82) is 0 Å². The van der Waals surface area contributed by atoms with Crippen LogP contribution in [0.4, 0.5) is 11.5 Å². The second-order valence-electron chi connectivity index (χ2n) is 11.9. The fourth-order valence-corrected chi connectivity index (χ4v) is 6.25. The van der Waals surface area contributed by atoms with Crippen molar-refractivity contribution in [3.8, 4) is 11.3 Å². The van der Waals surface area contributed by atoms with Crippen molar-refractivity contribution >= 4 is 47.4 Å². The number of aromatic nitrogens is 4. The number of ether oxygens (including phenoxy) is 1. The lowest BCUT2D eigenvalue weighted by molar-refractivity contribution is -0.125. The summed E-state index contributed by atoms with van der Waals surface area (Å²) in [4.78, 5) is 40.6. The highest BCUT2D eigenvalue weighted by atomic mass is 35.5. The summed E-state index contributed by atoms with van der Waals surface area (Å²) in [6.45, 7) is 8.80. The van der Waals surface area contributed by atoms with Crippen LogP contribution in [0.25, 0.3) is 11.3 Å².